The molecule has 0 spiro atoms. The van der Waals surface area contributed by atoms with E-state index < -0.39 is 16.9 Å². The molecule has 0 aliphatic carbocycles. The summed E-state index contributed by atoms with van der Waals surface area (Å²) in [6.07, 6.45) is 0. The summed E-state index contributed by atoms with van der Waals surface area (Å²) in [6.45, 7) is -0.0208. The van der Waals surface area contributed by atoms with Crippen LogP contribution in [0.1, 0.15) is 11.5 Å². The predicted molar refractivity (Wildman–Crippen MR) is 75.4 cm³/mol. The number of nitrogens with one attached hydrogen (secondary N) is 1. The first-order chi connectivity index (χ1) is 8.93. The van der Waals surface area contributed by atoms with Crippen molar-refractivity contribution in [3.05, 3.63) is 39.9 Å². The maximum atomic E-state index is 10.9. The number of anilines is 1. The summed E-state index contributed by atoms with van der Waals surface area (Å²) in [7, 11) is 0. The highest BCUT2D eigenvalue weighted by Gasteiger charge is 2.17. The quantitative estimate of drug-likeness (QED) is 0.261. The monoisotopic (exact) mass is 303 g/mol. The number of carbonyl (C=O) groups is 1. The van der Waals surface area contributed by atoms with Crippen molar-refractivity contribution in [1.29, 1.82) is 0 Å². The molecule has 1 aromatic carbocycles. The number of rotatable bonds is 5. The third-order valence-electron chi connectivity index (χ3n) is 2.31. The minimum absolute atomic E-state index is 0. The predicted octanol–water partition coefficient (Wildman–Crippen LogP) is 0.154. The SMILES string of the molecule is Cl.NCC(C(=O)O)c1ccc(NC(N)=N[N+](=O)[O-])cc1. The Balaban J connectivity index is 0.00000361. The number of carboxylic acids is 1. The molecule has 1 atom stereocenters. The van der Waals surface area contributed by atoms with Crippen molar-refractivity contribution in [2.24, 2.45) is 16.6 Å². The van der Waals surface area contributed by atoms with Gasteiger partial charge in [-0.05, 0) is 17.7 Å². The maximum absolute atomic E-state index is 10.9. The largest absolute Gasteiger partial charge is 0.481 e. The van der Waals surface area contributed by atoms with E-state index in [9.17, 15) is 14.9 Å². The molecule has 0 heterocycles. The molecule has 0 radical (unpaired) electrons. The van der Waals surface area contributed by atoms with Gasteiger partial charge in [0.05, 0.1) is 5.92 Å². The molecule has 10 heteroatoms. The van der Waals surface area contributed by atoms with Crippen LogP contribution in [0.2, 0.25) is 0 Å². The Bertz CT molecular complexity index is 505. The van der Waals surface area contributed by atoms with Gasteiger partial charge in [0, 0.05) is 12.2 Å². The smallest absolute Gasteiger partial charge is 0.312 e. The Kier molecular flexibility index (Phi) is 6.97. The Morgan fingerprint density at radius 3 is 2.40 bits per heavy atom. The molecule has 0 saturated carbocycles. The second-order valence-corrected chi connectivity index (χ2v) is 3.60. The Labute approximate surface area is 120 Å². The van der Waals surface area contributed by atoms with E-state index in [4.69, 9.17) is 16.6 Å². The molecule has 0 saturated heterocycles. The molecule has 6 N–H and O–H groups in total. The molecule has 9 nitrogen and oxygen atoms in total. The zero-order valence-corrected chi connectivity index (χ0v) is 11.0. The number of nitro groups is 1. The van der Waals surface area contributed by atoms with Gasteiger partial charge in [-0.3, -0.25) is 4.79 Å². The number of carboxylic acid groups (broad SMARTS) is 1. The molecule has 0 fully saturated rings. The van der Waals surface area contributed by atoms with E-state index in [1.807, 2.05) is 0 Å². The van der Waals surface area contributed by atoms with Gasteiger partial charge in [0.1, 0.15) is 5.10 Å². The normalized spacial score (nSPS) is 12.2. The Morgan fingerprint density at radius 2 is 2.00 bits per heavy atom. The van der Waals surface area contributed by atoms with Crippen molar-refractivity contribution in [3.63, 3.8) is 0 Å². The van der Waals surface area contributed by atoms with E-state index in [-0.39, 0.29) is 24.9 Å². The molecule has 0 aromatic heterocycles. The van der Waals surface area contributed by atoms with Crippen molar-refractivity contribution in [2.75, 3.05) is 11.9 Å². The van der Waals surface area contributed by atoms with Gasteiger partial charge in [0.2, 0.25) is 0 Å². The van der Waals surface area contributed by atoms with Crippen LogP contribution in [-0.2, 0) is 4.79 Å². The standard InChI is InChI=1S/C10H13N5O4.ClH/c11-5-8(9(16)17)6-1-3-7(4-2-6)13-10(12)14-15(18)19;/h1-4,8H,5,11H2,(H,16,17)(H3,12,13,14);1H. The molecular formula is C10H14ClN5O4. The summed E-state index contributed by atoms with van der Waals surface area (Å²) in [4.78, 5) is 21.0. The van der Waals surface area contributed by atoms with Gasteiger partial charge in [-0.2, -0.15) is 0 Å². The highest BCUT2D eigenvalue weighted by molar-refractivity contribution is 5.91. The first kappa shape index (κ1) is 17.6. The van der Waals surface area contributed by atoms with E-state index in [1.165, 1.54) is 12.1 Å². The van der Waals surface area contributed by atoms with E-state index in [1.54, 1.807) is 12.1 Å². The summed E-state index contributed by atoms with van der Waals surface area (Å²) in [5.41, 5.74) is 11.6. The molecule has 20 heavy (non-hydrogen) atoms. The van der Waals surface area contributed by atoms with Crippen LogP contribution in [0, 0.1) is 10.1 Å². The van der Waals surface area contributed by atoms with Crippen molar-refractivity contribution < 1.29 is 14.9 Å². The molecule has 110 valence electrons. The van der Waals surface area contributed by atoms with Gasteiger partial charge in [-0.1, -0.05) is 12.1 Å². The van der Waals surface area contributed by atoms with Crippen LogP contribution in [0.15, 0.2) is 29.4 Å². The van der Waals surface area contributed by atoms with Gasteiger partial charge in [-0.15, -0.1) is 12.4 Å². The zero-order valence-electron chi connectivity index (χ0n) is 10.2. The van der Waals surface area contributed by atoms with Crippen molar-refractivity contribution in [2.45, 2.75) is 5.92 Å². The molecule has 0 amide bonds. The average molecular weight is 304 g/mol. The fourth-order valence-corrected chi connectivity index (χ4v) is 1.44. The van der Waals surface area contributed by atoms with Crippen molar-refractivity contribution >= 4 is 30.0 Å². The van der Waals surface area contributed by atoms with Crippen LogP contribution in [0.25, 0.3) is 0 Å². The van der Waals surface area contributed by atoms with Gasteiger partial charge in [0.15, 0.2) is 5.03 Å². The van der Waals surface area contributed by atoms with Gasteiger partial charge < -0.3 is 21.9 Å². The molecule has 0 bridgehead atoms. The second-order valence-electron chi connectivity index (χ2n) is 3.60. The minimum atomic E-state index is -1.02. The molecule has 1 unspecified atom stereocenters. The van der Waals surface area contributed by atoms with Crippen LogP contribution in [0.4, 0.5) is 5.69 Å². The van der Waals surface area contributed by atoms with Gasteiger partial charge in [-0.25, -0.2) is 10.1 Å². The average Bonchev–Trinajstić information content (AvgIpc) is 2.30. The van der Waals surface area contributed by atoms with Crippen LogP contribution < -0.4 is 16.8 Å². The fourth-order valence-electron chi connectivity index (χ4n) is 1.44. The van der Waals surface area contributed by atoms with Crippen LogP contribution >= 0.6 is 12.4 Å². The molecule has 0 aliphatic heterocycles. The molecule has 1 aromatic rings. The van der Waals surface area contributed by atoms with Crippen molar-refractivity contribution in [1.82, 2.24) is 0 Å². The molecular weight excluding hydrogens is 290 g/mol. The first-order valence-corrected chi connectivity index (χ1v) is 5.22. The Morgan fingerprint density at radius 1 is 1.45 bits per heavy atom. The highest BCUT2D eigenvalue weighted by atomic mass is 35.5. The third-order valence-corrected chi connectivity index (χ3v) is 2.31. The van der Waals surface area contributed by atoms with E-state index in [0.717, 1.165) is 0 Å². The number of benzene rings is 1. The number of hydrogen-bond acceptors (Lipinski definition) is 4. The van der Waals surface area contributed by atoms with Crippen molar-refractivity contribution in [3.8, 4) is 0 Å². The zero-order chi connectivity index (χ0) is 14.4. The lowest BCUT2D eigenvalue weighted by molar-refractivity contribution is -0.485. The number of halogens is 1. The molecule has 0 aliphatic rings. The number of aliphatic carboxylic acids is 1. The maximum Gasteiger partial charge on any atom is 0.312 e. The lowest BCUT2D eigenvalue weighted by Crippen LogP contribution is -2.24. The number of hydrogen-bond donors (Lipinski definition) is 4. The van der Waals surface area contributed by atoms with Crippen LogP contribution in [0.5, 0.6) is 0 Å². The van der Waals surface area contributed by atoms with Crippen LogP contribution in [-0.4, -0.2) is 28.6 Å². The summed E-state index contributed by atoms with van der Waals surface area (Å²) in [5, 5.41) is 23.4. The number of hydrazone groups is 1. The summed E-state index contributed by atoms with van der Waals surface area (Å²) < 4.78 is 0. The second kappa shape index (κ2) is 7.92. The van der Waals surface area contributed by atoms with E-state index in [0.29, 0.717) is 11.3 Å². The Hall–Kier alpha value is -2.39. The topological polar surface area (TPSA) is 157 Å². The first-order valence-electron chi connectivity index (χ1n) is 5.22. The lowest BCUT2D eigenvalue weighted by atomic mass is 9.99. The van der Waals surface area contributed by atoms with E-state index in [2.05, 4.69) is 10.4 Å². The number of nitrogens with zero attached hydrogens (tertiary/aromatic N) is 2. The fraction of sp³-hybridized carbons (Fsp3) is 0.200. The summed E-state index contributed by atoms with van der Waals surface area (Å²) in [5.74, 6) is -2.18. The lowest BCUT2D eigenvalue weighted by Gasteiger charge is -2.10. The minimum Gasteiger partial charge on any atom is -0.481 e. The van der Waals surface area contributed by atoms with Gasteiger partial charge >= 0.3 is 5.97 Å². The number of nitrogens with two attached hydrogens (primary N) is 2. The number of guanidine groups is 1. The van der Waals surface area contributed by atoms with Gasteiger partial charge in [0.25, 0.3) is 5.96 Å². The van der Waals surface area contributed by atoms with E-state index >= 15 is 0 Å². The summed E-state index contributed by atoms with van der Waals surface area (Å²) in [6, 6.07) is 6.16. The summed E-state index contributed by atoms with van der Waals surface area (Å²) >= 11 is 0. The molecule has 1 rings (SSSR count). The van der Waals surface area contributed by atoms with Crippen LogP contribution in [0.3, 0.4) is 0 Å². The third kappa shape index (κ3) is 5.08. The highest BCUT2D eigenvalue weighted by Crippen LogP contribution is 2.17.